The van der Waals surface area contributed by atoms with Gasteiger partial charge in [-0.25, -0.2) is 0 Å². The van der Waals surface area contributed by atoms with Crippen LogP contribution in [-0.2, 0) is 24.8 Å². The molecule has 0 saturated heterocycles. The van der Waals surface area contributed by atoms with Crippen molar-refractivity contribution in [1.82, 2.24) is 14.8 Å². The summed E-state index contributed by atoms with van der Waals surface area (Å²) in [6.07, 6.45) is 40.4. The Bertz CT molecular complexity index is 1010. The molecule has 1 N–H and O–H groups in total. The summed E-state index contributed by atoms with van der Waals surface area (Å²) in [6, 6.07) is 1.91. The third-order valence-corrected chi connectivity index (χ3v) is 12.5. The van der Waals surface area contributed by atoms with Crippen LogP contribution in [0.3, 0.4) is 0 Å². The van der Waals surface area contributed by atoms with E-state index in [9.17, 15) is 9.59 Å². The first-order chi connectivity index (χ1) is 29.0. The Morgan fingerprint density at radius 3 is 1.64 bits per heavy atom. The van der Waals surface area contributed by atoms with E-state index < -0.39 is 0 Å². The number of carbonyl (C=O) groups is 2. The molecule has 1 heterocycles. The first-order valence-corrected chi connectivity index (χ1v) is 26.3. The third kappa shape index (κ3) is 37.9. The molecule has 0 aliphatic carbocycles. The van der Waals surface area contributed by atoms with Crippen molar-refractivity contribution in [1.29, 1.82) is 0 Å². The van der Waals surface area contributed by atoms with Crippen molar-refractivity contribution in [2.45, 2.75) is 251 Å². The summed E-state index contributed by atoms with van der Waals surface area (Å²) in [5.41, 5.74) is 0.965. The number of esters is 2. The van der Waals surface area contributed by atoms with Crippen molar-refractivity contribution in [3.05, 3.63) is 18.0 Å². The zero-order valence-electron chi connectivity index (χ0n) is 39.2. The van der Waals surface area contributed by atoms with Gasteiger partial charge in [0.05, 0.1) is 18.1 Å². The number of aromatic nitrogens is 1. The van der Waals surface area contributed by atoms with Gasteiger partial charge >= 0.3 is 11.9 Å². The zero-order valence-corrected chi connectivity index (χ0v) is 40.0. The summed E-state index contributed by atoms with van der Waals surface area (Å²) in [6.45, 7) is 13.9. The van der Waals surface area contributed by atoms with E-state index in [0.717, 1.165) is 89.0 Å². The highest BCUT2D eigenvalue weighted by Crippen LogP contribution is 2.19. The number of carbonyl (C=O) groups excluding carboxylic acids is 2. The molecule has 0 spiro atoms. The second-order valence-electron chi connectivity index (χ2n) is 17.6. The molecule has 1 aromatic heterocycles. The number of unbranched alkanes of at least 4 members (excludes halogenated alkanes) is 22. The van der Waals surface area contributed by atoms with Gasteiger partial charge in [-0.3, -0.25) is 14.3 Å². The summed E-state index contributed by atoms with van der Waals surface area (Å²) in [4.78, 5) is 27.8. The van der Waals surface area contributed by atoms with Crippen LogP contribution in [0.15, 0.2) is 16.9 Å². The van der Waals surface area contributed by atoms with Gasteiger partial charge < -0.3 is 18.9 Å². The van der Waals surface area contributed by atoms with Crippen LogP contribution in [-0.4, -0.2) is 60.9 Å². The minimum Gasteiger partial charge on any atom is -0.465 e. The number of hydrogen-bond acceptors (Lipinski definition) is 9. The fourth-order valence-corrected chi connectivity index (χ4v) is 8.48. The Labute approximate surface area is 369 Å². The van der Waals surface area contributed by atoms with Crippen LogP contribution in [0.5, 0.6) is 0 Å². The highest BCUT2D eigenvalue weighted by molar-refractivity contribution is 7.96. The maximum absolute atomic E-state index is 12.9. The minimum absolute atomic E-state index is 0.0204. The molecule has 1 atom stereocenters. The lowest BCUT2D eigenvalue weighted by molar-refractivity contribution is -0.150. The van der Waals surface area contributed by atoms with E-state index in [1.807, 2.05) is 6.07 Å². The van der Waals surface area contributed by atoms with Gasteiger partial charge in [0.25, 0.3) is 0 Å². The number of nitrogens with zero attached hydrogens (tertiary/aromatic N) is 2. The van der Waals surface area contributed by atoms with Crippen molar-refractivity contribution >= 4 is 23.9 Å². The van der Waals surface area contributed by atoms with E-state index in [0.29, 0.717) is 25.4 Å². The topological polar surface area (TPSA) is 93.9 Å². The lowest BCUT2D eigenvalue weighted by atomic mass is 10.0. The lowest BCUT2D eigenvalue weighted by Crippen LogP contribution is -2.29. The zero-order chi connectivity index (χ0) is 42.7. The summed E-state index contributed by atoms with van der Waals surface area (Å²) in [5.74, 6) is 1.28. The van der Waals surface area contributed by atoms with Crippen LogP contribution >= 0.6 is 11.9 Å². The smallest absolute Gasteiger partial charge is 0.306 e. The number of nitrogens with one attached hydrogen (secondary N) is 1. The first-order valence-electron chi connectivity index (χ1n) is 25.3. The van der Waals surface area contributed by atoms with E-state index in [4.69, 9.17) is 14.0 Å². The van der Waals surface area contributed by atoms with Gasteiger partial charge in [0.15, 0.2) is 0 Å². The minimum atomic E-state index is -0.0204. The summed E-state index contributed by atoms with van der Waals surface area (Å²) >= 11 is 1.69. The molecule has 1 aromatic rings. The summed E-state index contributed by atoms with van der Waals surface area (Å²) in [5, 5.41) is 3.99. The number of ether oxygens (including phenoxy) is 2. The molecular formula is C50H95N3O5S. The fourth-order valence-electron chi connectivity index (χ4n) is 7.79. The van der Waals surface area contributed by atoms with Gasteiger partial charge in [0.1, 0.15) is 12.4 Å². The van der Waals surface area contributed by atoms with Crippen LogP contribution in [0.2, 0.25) is 0 Å². The van der Waals surface area contributed by atoms with E-state index in [2.05, 4.69) is 42.5 Å². The molecule has 0 fully saturated rings. The van der Waals surface area contributed by atoms with Crippen LogP contribution in [0.4, 0.5) is 0 Å². The highest BCUT2D eigenvalue weighted by atomic mass is 32.2. The highest BCUT2D eigenvalue weighted by Gasteiger charge is 2.15. The second kappa shape index (κ2) is 43.1. The normalized spacial score (nSPS) is 12.2. The molecule has 0 radical (unpaired) electrons. The van der Waals surface area contributed by atoms with E-state index in [1.165, 1.54) is 148 Å². The number of rotatable bonds is 46. The molecule has 0 aromatic carbocycles. The Balaban J connectivity index is 2.31. The third-order valence-electron chi connectivity index (χ3n) is 11.7. The second-order valence-corrected chi connectivity index (χ2v) is 18.5. The molecule has 1 rings (SSSR count). The van der Waals surface area contributed by atoms with Crippen molar-refractivity contribution in [2.75, 3.05) is 32.8 Å². The molecule has 0 aliphatic heterocycles. The molecule has 346 valence electrons. The SMILES string of the molecule is CCCCCCCCC(CCCCCCCC)OC(=O)CCCCCCCN(CCCCCCCC(=O)OCC(C)CCCCCCC)CCCNSCc1ccon1. The average Bonchev–Trinajstić information content (AvgIpc) is 3.76. The Kier molecular flexibility index (Phi) is 40.5. The molecule has 9 heteroatoms. The Hall–Kier alpha value is -1.58. The molecule has 59 heavy (non-hydrogen) atoms. The summed E-state index contributed by atoms with van der Waals surface area (Å²) in [7, 11) is 0. The van der Waals surface area contributed by atoms with E-state index in [1.54, 1.807) is 18.2 Å². The Morgan fingerprint density at radius 1 is 0.627 bits per heavy atom. The molecule has 0 saturated carbocycles. The van der Waals surface area contributed by atoms with E-state index >= 15 is 0 Å². The number of hydrogen-bond donors (Lipinski definition) is 1. The van der Waals surface area contributed by atoms with Gasteiger partial charge in [0, 0.05) is 25.5 Å². The van der Waals surface area contributed by atoms with E-state index in [-0.39, 0.29) is 18.0 Å². The predicted octanol–water partition coefficient (Wildman–Crippen LogP) is 14.7. The molecular weight excluding hydrogens is 755 g/mol. The first kappa shape index (κ1) is 55.4. The Morgan fingerprint density at radius 2 is 1.10 bits per heavy atom. The van der Waals surface area contributed by atoms with Gasteiger partial charge in [-0.15, -0.1) is 0 Å². The van der Waals surface area contributed by atoms with Crippen molar-refractivity contribution < 1.29 is 23.6 Å². The van der Waals surface area contributed by atoms with Gasteiger partial charge in [-0.05, 0) is 89.8 Å². The largest absolute Gasteiger partial charge is 0.465 e. The monoisotopic (exact) mass is 850 g/mol. The van der Waals surface area contributed by atoms with Crippen LogP contribution in [0, 0.1) is 5.92 Å². The standard InChI is InChI=1S/C50H95N3O5S/c1-5-8-11-14-19-26-34-48(35-27-20-15-12-9-6-2)58-50(55)37-29-22-17-24-31-41-53(42-32-39-51-59-45-47-38-43-57-52-47)40-30-23-16-21-28-36-49(54)56-44-46(4)33-25-18-13-10-7-3/h38,43,46,48,51H,5-37,39-42,44-45H2,1-4H3. The van der Waals surface area contributed by atoms with Gasteiger partial charge in [-0.1, -0.05) is 180 Å². The maximum atomic E-state index is 12.9. The van der Waals surface area contributed by atoms with Gasteiger partial charge in [-0.2, -0.15) is 0 Å². The maximum Gasteiger partial charge on any atom is 0.306 e. The van der Waals surface area contributed by atoms with Crippen molar-refractivity contribution in [2.24, 2.45) is 5.92 Å². The lowest BCUT2D eigenvalue weighted by Gasteiger charge is -2.22. The van der Waals surface area contributed by atoms with Gasteiger partial charge in [0.2, 0.25) is 0 Å². The quantitative estimate of drug-likeness (QED) is 0.0391. The predicted molar refractivity (Wildman–Crippen MR) is 252 cm³/mol. The molecule has 0 bridgehead atoms. The molecule has 8 nitrogen and oxygen atoms in total. The average molecular weight is 850 g/mol. The van der Waals surface area contributed by atoms with Crippen LogP contribution in [0.25, 0.3) is 0 Å². The van der Waals surface area contributed by atoms with Crippen molar-refractivity contribution in [3.8, 4) is 0 Å². The molecule has 1 unspecified atom stereocenters. The van der Waals surface area contributed by atoms with Crippen LogP contribution in [0.1, 0.15) is 245 Å². The fraction of sp³-hybridized carbons (Fsp3) is 0.900. The molecule has 0 aliphatic rings. The molecule has 0 amide bonds. The van der Waals surface area contributed by atoms with Crippen LogP contribution < -0.4 is 4.72 Å². The van der Waals surface area contributed by atoms with Crippen molar-refractivity contribution in [3.63, 3.8) is 0 Å². The summed E-state index contributed by atoms with van der Waals surface area (Å²) < 4.78 is 20.1.